The number of ether oxygens (including phenoxy) is 1. The molecule has 3 aromatic rings. The quantitative estimate of drug-likeness (QED) is 0.507. The molecule has 1 N–H and O–H groups in total. The minimum atomic E-state index is -0.441. The summed E-state index contributed by atoms with van der Waals surface area (Å²) in [6.45, 7) is 6.35. The number of hydrogen-bond acceptors (Lipinski definition) is 4. The standard InChI is InChI=1S/C27H25FN2O3/c1-4-33-23-8-6-5-7-22(23)29-25-24(20-12-9-17(2)18(3)15-20)26(31)30(27(25)32)16-19-10-13-21(28)14-11-19/h5-15,29H,4,16H2,1-3H3. The molecule has 0 aromatic heterocycles. The van der Waals surface area contributed by atoms with Crippen molar-refractivity contribution in [2.24, 2.45) is 0 Å². The third-order valence-electron chi connectivity index (χ3n) is 5.66. The highest BCUT2D eigenvalue weighted by atomic mass is 19.1. The van der Waals surface area contributed by atoms with E-state index in [1.54, 1.807) is 24.3 Å². The van der Waals surface area contributed by atoms with Crippen LogP contribution in [0.5, 0.6) is 5.75 Å². The molecule has 0 radical (unpaired) electrons. The Kier molecular flexibility index (Phi) is 6.27. The maximum absolute atomic E-state index is 13.5. The van der Waals surface area contributed by atoms with Crippen molar-refractivity contribution < 1.29 is 18.7 Å². The summed E-state index contributed by atoms with van der Waals surface area (Å²) in [5.74, 6) is -0.626. The molecular weight excluding hydrogens is 419 g/mol. The average molecular weight is 445 g/mol. The van der Waals surface area contributed by atoms with Crippen molar-refractivity contribution in [1.29, 1.82) is 0 Å². The molecule has 0 unspecified atom stereocenters. The van der Waals surface area contributed by atoms with Crippen LogP contribution in [0.4, 0.5) is 10.1 Å². The molecule has 1 aliphatic rings. The number of hydrogen-bond donors (Lipinski definition) is 1. The summed E-state index contributed by atoms with van der Waals surface area (Å²) in [4.78, 5) is 28.1. The minimum Gasteiger partial charge on any atom is -0.492 e. The fraction of sp³-hybridized carbons (Fsp3) is 0.185. The smallest absolute Gasteiger partial charge is 0.278 e. The first-order chi connectivity index (χ1) is 15.9. The molecule has 1 heterocycles. The summed E-state index contributed by atoms with van der Waals surface area (Å²) in [5.41, 5.74) is 4.53. The Balaban J connectivity index is 1.77. The van der Waals surface area contributed by atoms with Crippen molar-refractivity contribution in [2.45, 2.75) is 27.3 Å². The SMILES string of the molecule is CCOc1ccccc1NC1=C(c2ccc(C)c(C)c2)C(=O)N(Cc2ccc(F)cc2)C1=O. The van der Waals surface area contributed by atoms with Gasteiger partial charge in [-0.15, -0.1) is 0 Å². The summed E-state index contributed by atoms with van der Waals surface area (Å²) < 4.78 is 19.0. The Morgan fingerprint density at radius 1 is 0.909 bits per heavy atom. The molecule has 0 bridgehead atoms. The maximum Gasteiger partial charge on any atom is 0.278 e. The molecule has 3 aromatic carbocycles. The van der Waals surface area contributed by atoms with E-state index in [0.717, 1.165) is 11.1 Å². The Bertz CT molecular complexity index is 1250. The molecule has 0 aliphatic carbocycles. The number of halogens is 1. The van der Waals surface area contributed by atoms with Gasteiger partial charge in [-0.05, 0) is 67.3 Å². The van der Waals surface area contributed by atoms with E-state index in [0.29, 0.717) is 34.7 Å². The van der Waals surface area contributed by atoms with Crippen molar-refractivity contribution in [2.75, 3.05) is 11.9 Å². The number of carbonyl (C=O) groups excluding carboxylic acids is 2. The summed E-state index contributed by atoms with van der Waals surface area (Å²) in [7, 11) is 0. The number of carbonyl (C=O) groups is 2. The Morgan fingerprint density at radius 2 is 1.64 bits per heavy atom. The summed E-state index contributed by atoms with van der Waals surface area (Å²) in [5, 5.41) is 3.16. The number of amides is 2. The lowest BCUT2D eigenvalue weighted by Gasteiger charge is -2.16. The van der Waals surface area contributed by atoms with Crippen molar-refractivity contribution in [3.63, 3.8) is 0 Å². The second kappa shape index (κ2) is 9.28. The van der Waals surface area contributed by atoms with E-state index in [9.17, 15) is 14.0 Å². The molecule has 0 saturated heterocycles. The molecule has 4 rings (SSSR count). The van der Waals surface area contributed by atoms with E-state index >= 15 is 0 Å². The maximum atomic E-state index is 13.5. The Morgan fingerprint density at radius 3 is 2.33 bits per heavy atom. The molecule has 0 fully saturated rings. The summed E-state index contributed by atoms with van der Waals surface area (Å²) in [6.07, 6.45) is 0. The van der Waals surface area contributed by atoms with Gasteiger partial charge >= 0.3 is 0 Å². The lowest BCUT2D eigenvalue weighted by Crippen LogP contribution is -2.32. The van der Waals surface area contributed by atoms with Gasteiger partial charge in [-0.1, -0.05) is 42.5 Å². The van der Waals surface area contributed by atoms with Crippen molar-refractivity contribution in [3.05, 3.63) is 100 Å². The van der Waals surface area contributed by atoms with Gasteiger partial charge in [-0.2, -0.15) is 0 Å². The van der Waals surface area contributed by atoms with E-state index in [1.807, 2.05) is 51.1 Å². The number of imide groups is 1. The molecule has 5 nitrogen and oxygen atoms in total. The first-order valence-corrected chi connectivity index (χ1v) is 10.8. The van der Waals surface area contributed by atoms with Gasteiger partial charge in [0.2, 0.25) is 0 Å². The molecule has 0 atom stereocenters. The lowest BCUT2D eigenvalue weighted by molar-refractivity contribution is -0.137. The van der Waals surface area contributed by atoms with Crippen LogP contribution in [0, 0.1) is 19.7 Å². The molecule has 6 heteroatoms. The predicted octanol–water partition coefficient (Wildman–Crippen LogP) is 5.23. The number of anilines is 1. The van der Waals surface area contributed by atoms with Crippen molar-refractivity contribution >= 4 is 23.1 Å². The number of nitrogens with zero attached hydrogens (tertiary/aromatic N) is 1. The highest BCUT2D eigenvalue weighted by molar-refractivity contribution is 6.36. The van der Waals surface area contributed by atoms with Gasteiger partial charge in [0.25, 0.3) is 11.8 Å². The van der Waals surface area contributed by atoms with Crippen LogP contribution in [0.3, 0.4) is 0 Å². The molecule has 1 aliphatic heterocycles. The van der Waals surface area contributed by atoms with Crippen molar-refractivity contribution in [1.82, 2.24) is 4.90 Å². The number of aryl methyl sites for hydroxylation is 2. The van der Waals surface area contributed by atoms with Crippen LogP contribution < -0.4 is 10.1 Å². The van der Waals surface area contributed by atoms with Crippen LogP contribution in [-0.2, 0) is 16.1 Å². The number of rotatable bonds is 7. The fourth-order valence-electron chi connectivity index (χ4n) is 3.76. The van der Waals surface area contributed by atoms with E-state index in [-0.39, 0.29) is 18.1 Å². The van der Waals surface area contributed by atoms with Crippen molar-refractivity contribution in [3.8, 4) is 5.75 Å². The van der Waals surface area contributed by atoms with Gasteiger partial charge in [0.05, 0.1) is 24.4 Å². The summed E-state index contributed by atoms with van der Waals surface area (Å²) in [6, 6.07) is 18.7. The van der Waals surface area contributed by atoms with Crippen LogP contribution in [0.1, 0.15) is 29.2 Å². The highest BCUT2D eigenvalue weighted by Crippen LogP contribution is 2.34. The highest BCUT2D eigenvalue weighted by Gasteiger charge is 2.39. The zero-order chi connectivity index (χ0) is 23.5. The van der Waals surface area contributed by atoms with Gasteiger partial charge in [-0.25, -0.2) is 4.39 Å². The monoisotopic (exact) mass is 444 g/mol. The van der Waals surface area contributed by atoms with E-state index < -0.39 is 11.8 Å². The molecule has 168 valence electrons. The topological polar surface area (TPSA) is 58.6 Å². The molecule has 33 heavy (non-hydrogen) atoms. The van der Waals surface area contributed by atoms with Crippen LogP contribution in [-0.4, -0.2) is 23.3 Å². The second-order valence-electron chi connectivity index (χ2n) is 7.93. The van der Waals surface area contributed by atoms with E-state index in [4.69, 9.17) is 4.74 Å². The molecular formula is C27H25FN2O3. The summed E-state index contributed by atoms with van der Waals surface area (Å²) >= 11 is 0. The van der Waals surface area contributed by atoms with Gasteiger partial charge in [0, 0.05) is 0 Å². The average Bonchev–Trinajstić information content (AvgIpc) is 3.03. The third-order valence-corrected chi connectivity index (χ3v) is 5.66. The Hall–Kier alpha value is -3.93. The zero-order valence-corrected chi connectivity index (χ0v) is 18.8. The number of nitrogens with one attached hydrogen (secondary N) is 1. The van der Waals surface area contributed by atoms with E-state index in [2.05, 4.69) is 5.32 Å². The normalized spacial score (nSPS) is 13.6. The van der Waals surface area contributed by atoms with Crippen LogP contribution in [0.25, 0.3) is 5.57 Å². The Labute approximate surface area is 192 Å². The largest absolute Gasteiger partial charge is 0.492 e. The number of para-hydroxylation sites is 2. The van der Waals surface area contributed by atoms with Crippen LogP contribution in [0.15, 0.2) is 72.4 Å². The first-order valence-electron chi connectivity index (χ1n) is 10.8. The fourth-order valence-corrected chi connectivity index (χ4v) is 3.76. The van der Waals surface area contributed by atoms with Gasteiger partial charge in [-0.3, -0.25) is 14.5 Å². The van der Waals surface area contributed by atoms with Gasteiger partial charge in [0.1, 0.15) is 17.3 Å². The van der Waals surface area contributed by atoms with Gasteiger partial charge in [0.15, 0.2) is 0 Å². The molecule has 0 spiro atoms. The lowest BCUT2D eigenvalue weighted by atomic mass is 9.99. The van der Waals surface area contributed by atoms with Crippen LogP contribution in [0.2, 0.25) is 0 Å². The third kappa shape index (κ3) is 4.51. The van der Waals surface area contributed by atoms with E-state index in [1.165, 1.54) is 17.0 Å². The molecule has 2 amide bonds. The van der Waals surface area contributed by atoms with Crippen LogP contribution >= 0.6 is 0 Å². The van der Waals surface area contributed by atoms with Gasteiger partial charge < -0.3 is 10.1 Å². The predicted molar refractivity (Wildman–Crippen MR) is 126 cm³/mol. The zero-order valence-electron chi connectivity index (χ0n) is 18.8. The minimum absolute atomic E-state index is 0.0462. The molecule has 0 saturated carbocycles. The second-order valence-corrected chi connectivity index (χ2v) is 7.93. The number of benzene rings is 3. The first kappa shape index (κ1) is 22.3.